The minimum absolute atomic E-state index is 0.0181. The van der Waals surface area contributed by atoms with Gasteiger partial charge < -0.3 is 5.32 Å². The normalized spacial score (nSPS) is 10.0. The van der Waals surface area contributed by atoms with Crippen LogP contribution in [0, 0.1) is 0 Å². The highest BCUT2D eigenvalue weighted by Gasteiger charge is 2.10. The third-order valence-corrected chi connectivity index (χ3v) is 4.50. The molecule has 2 rings (SSSR count). The summed E-state index contributed by atoms with van der Waals surface area (Å²) < 4.78 is 0.656. The number of carbonyl (C=O) groups excluding carboxylic acids is 2. The van der Waals surface area contributed by atoms with E-state index in [0.717, 1.165) is 5.56 Å². The second kappa shape index (κ2) is 9.50. The molecule has 0 aliphatic carbocycles. The number of nitrogens with one attached hydrogen (secondary N) is 3. The Morgan fingerprint density at radius 2 is 1.72 bits per heavy atom. The van der Waals surface area contributed by atoms with Crippen LogP contribution in [-0.2, 0) is 11.2 Å². The van der Waals surface area contributed by atoms with Gasteiger partial charge in [0.15, 0.2) is 5.11 Å². The molecule has 25 heavy (non-hydrogen) atoms. The fourth-order valence-electron chi connectivity index (χ4n) is 2.00. The van der Waals surface area contributed by atoms with Crippen molar-refractivity contribution >= 4 is 56.7 Å². The van der Waals surface area contributed by atoms with Gasteiger partial charge in [-0.1, -0.05) is 41.9 Å². The second-order valence-corrected chi connectivity index (χ2v) is 6.70. The molecule has 130 valence electrons. The lowest BCUT2D eigenvalue weighted by Gasteiger charge is -2.11. The topological polar surface area (TPSA) is 70.2 Å². The quantitative estimate of drug-likeness (QED) is 0.504. The van der Waals surface area contributed by atoms with E-state index >= 15 is 0 Å². The van der Waals surface area contributed by atoms with Crippen LogP contribution in [0.25, 0.3) is 0 Å². The number of hydrogen-bond acceptors (Lipinski definition) is 3. The molecule has 0 saturated carbocycles. The van der Waals surface area contributed by atoms with Crippen molar-refractivity contribution in [2.45, 2.75) is 12.8 Å². The van der Waals surface area contributed by atoms with Gasteiger partial charge in [-0.05, 0) is 58.3 Å². The molecule has 0 radical (unpaired) electrons. The summed E-state index contributed by atoms with van der Waals surface area (Å²) in [6.07, 6.45) is 0.723. The third-order valence-electron chi connectivity index (χ3n) is 3.24. The molecule has 2 amide bonds. The van der Waals surface area contributed by atoms with Crippen LogP contribution in [0.1, 0.15) is 22.3 Å². The standard InChI is InChI=1S/C17H15BrClN3O2S/c18-13-7-3-2-6-12(13)16(24)21-22-17(25)20-15(23)10-9-11-5-1-4-8-14(11)19/h1-8H,9-10H2,(H,21,24)(H2,20,22,23,25). The van der Waals surface area contributed by atoms with E-state index < -0.39 is 0 Å². The van der Waals surface area contributed by atoms with E-state index in [2.05, 4.69) is 32.1 Å². The van der Waals surface area contributed by atoms with Crippen molar-refractivity contribution in [3.8, 4) is 0 Å². The number of carbonyl (C=O) groups is 2. The molecule has 0 aliphatic rings. The Kier molecular flexibility index (Phi) is 7.36. The van der Waals surface area contributed by atoms with Crippen LogP contribution in [0.4, 0.5) is 0 Å². The van der Waals surface area contributed by atoms with Crippen molar-refractivity contribution in [2.75, 3.05) is 0 Å². The van der Waals surface area contributed by atoms with Crippen LogP contribution < -0.4 is 16.2 Å². The predicted molar refractivity (Wildman–Crippen MR) is 105 cm³/mol. The summed E-state index contributed by atoms with van der Waals surface area (Å²) in [5.41, 5.74) is 6.27. The lowest BCUT2D eigenvalue weighted by molar-refractivity contribution is -0.119. The Labute approximate surface area is 164 Å². The molecule has 0 bridgehead atoms. The van der Waals surface area contributed by atoms with Gasteiger partial charge in [-0.2, -0.15) is 0 Å². The van der Waals surface area contributed by atoms with Gasteiger partial charge in [-0.25, -0.2) is 0 Å². The van der Waals surface area contributed by atoms with Gasteiger partial charge >= 0.3 is 0 Å². The van der Waals surface area contributed by atoms with Gasteiger partial charge in [0, 0.05) is 15.9 Å². The Morgan fingerprint density at radius 1 is 1.04 bits per heavy atom. The number of rotatable bonds is 4. The summed E-state index contributed by atoms with van der Waals surface area (Å²) in [5.74, 6) is -0.646. The van der Waals surface area contributed by atoms with E-state index in [1.165, 1.54) is 0 Å². The van der Waals surface area contributed by atoms with Crippen LogP contribution >= 0.6 is 39.7 Å². The van der Waals surface area contributed by atoms with Gasteiger partial charge in [0.2, 0.25) is 5.91 Å². The van der Waals surface area contributed by atoms with Crippen molar-refractivity contribution in [1.82, 2.24) is 16.2 Å². The zero-order chi connectivity index (χ0) is 18.2. The predicted octanol–water partition coefficient (Wildman–Crippen LogP) is 3.37. The Bertz CT molecular complexity index is 801. The van der Waals surface area contributed by atoms with E-state index in [-0.39, 0.29) is 23.3 Å². The lowest BCUT2D eigenvalue weighted by Crippen LogP contribution is -2.48. The lowest BCUT2D eigenvalue weighted by atomic mass is 10.1. The molecule has 5 nitrogen and oxygen atoms in total. The molecule has 0 heterocycles. The summed E-state index contributed by atoms with van der Waals surface area (Å²) in [6, 6.07) is 14.3. The van der Waals surface area contributed by atoms with Gasteiger partial charge in [-0.15, -0.1) is 0 Å². The van der Waals surface area contributed by atoms with Crippen LogP contribution in [0.15, 0.2) is 53.0 Å². The number of halogens is 2. The molecule has 3 N–H and O–H groups in total. The largest absolute Gasteiger partial charge is 0.302 e. The van der Waals surface area contributed by atoms with E-state index in [9.17, 15) is 9.59 Å². The van der Waals surface area contributed by atoms with Crippen molar-refractivity contribution in [3.63, 3.8) is 0 Å². The van der Waals surface area contributed by atoms with Gasteiger partial charge in [0.05, 0.1) is 5.56 Å². The molecule has 0 saturated heterocycles. The van der Waals surface area contributed by atoms with Crippen molar-refractivity contribution in [2.24, 2.45) is 0 Å². The number of benzene rings is 2. The Morgan fingerprint density at radius 3 is 2.44 bits per heavy atom. The fraction of sp³-hybridized carbons (Fsp3) is 0.118. The van der Waals surface area contributed by atoms with Gasteiger partial charge in [0.25, 0.3) is 5.91 Å². The zero-order valence-corrected chi connectivity index (χ0v) is 16.2. The first-order valence-corrected chi connectivity index (χ1v) is 8.93. The molecular formula is C17H15BrClN3O2S. The summed E-state index contributed by atoms with van der Waals surface area (Å²) in [6.45, 7) is 0. The maximum atomic E-state index is 12.0. The second-order valence-electron chi connectivity index (χ2n) is 5.03. The van der Waals surface area contributed by atoms with E-state index in [0.29, 0.717) is 21.5 Å². The number of hydrazine groups is 1. The number of amides is 2. The molecule has 0 atom stereocenters. The van der Waals surface area contributed by atoms with Crippen LogP contribution in [-0.4, -0.2) is 16.9 Å². The molecule has 0 aliphatic heterocycles. The summed E-state index contributed by atoms with van der Waals surface area (Å²) >= 11 is 14.3. The molecular weight excluding hydrogens is 426 g/mol. The first-order valence-electron chi connectivity index (χ1n) is 7.35. The zero-order valence-electron chi connectivity index (χ0n) is 13.0. The average molecular weight is 441 g/mol. The van der Waals surface area contributed by atoms with Crippen LogP contribution in [0.3, 0.4) is 0 Å². The molecule has 8 heteroatoms. The van der Waals surface area contributed by atoms with Crippen LogP contribution in [0.2, 0.25) is 5.02 Å². The smallest absolute Gasteiger partial charge is 0.270 e. The first-order chi connectivity index (χ1) is 12.0. The Hall–Kier alpha value is -1.96. The highest BCUT2D eigenvalue weighted by Crippen LogP contribution is 2.16. The van der Waals surface area contributed by atoms with Crippen molar-refractivity contribution < 1.29 is 9.59 Å². The van der Waals surface area contributed by atoms with Gasteiger partial charge in [-0.3, -0.25) is 20.4 Å². The summed E-state index contributed by atoms with van der Waals surface area (Å²) in [7, 11) is 0. The SMILES string of the molecule is O=C(CCc1ccccc1Cl)NC(=S)NNC(=O)c1ccccc1Br. The van der Waals surface area contributed by atoms with Crippen LogP contribution in [0.5, 0.6) is 0 Å². The average Bonchev–Trinajstić information content (AvgIpc) is 2.59. The number of thiocarbonyl (C=S) groups is 1. The fourth-order valence-corrected chi connectivity index (χ4v) is 2.86. The van der Waals surface area contributed by atoms with Crippen molar-refractivity contribution in [3.05, 3.63) is 69.2 Å². The van der Waals surface area contributed by atoms with E-state index in [4.69, 9.17) is 23.8 Å². The number of aryl methyl sites for hydroxylation is 1. The van der Waals surface area contributed by atoms with Gasteiger partial charge in [0.1, 0.15) is 0 Å². The molecule has 2 aromatic rings. The highest BCUT2D eigenvalue weighted by atomic mass is 79.9. The monoisotopic (exact) mass is 439 g/mol. The maximum Gasteiger partial charge on any atom is 0.270 e. The van der Waals surface area contributed by atoms with Crippen molar-refractivity contribution in [1.29, 1.82) is 0 Å². The highest BCUT2D eigenvalue weighted by molar-refractivity contribution is 9.10. The number of hydrogen-bond donors (Lipinski definition) is 3. The van der Waals surface area contributed by atoms with E-state index in [1.807, 2.05) is 18.2 Å². The Balaban J connectivity index is 1.76. The molecule has 2 aromatic carbocycles. The maximum absolute atomic E-state index is 12.0. The first kappa shape index (κ1) is 19.4. The summed E-state index contributed by atoms with van der Waals surface area (Å²) in [5, 5.41) is 3.14. The summed E-state index contributed by atoms with van der Waals surface area (Å²) in [4.78, 5) is 23.9. The molecule has 0 fully saturated rings. The minimum Gasteiger partial charge on any atom is -0.302 e. The molecule has 0 unspecified atom stereocenters. The molecule has 0 aromatic heterocycles. The minimum atomic E-state index is -0.375. The third kappa shape index (κ3) is 6.12. The van der Waals surface area contributed by atoms with E-state index in [1.54, 1.807) is 30.3 Å². The molecule has 0 spiro atoms.